The van der Waals surface area contributed by atoms with Gasteiger partial charge in [0.1, 0.15) is 0 Å². The summed E-state index contributed by atoms with van der Waals surface area (Å²) in [5.41, 5.74) is 0. The highest BCUT2D eigenvalue weighted by atomic mass is 16.5. The average molecular weight is 483 g/mol. The zero-order valence-corrected chi connectivity index (χ0v) is 23.3. The summed E-state index contributed by atoms with van der Waals surface area (Å²) in [5.74, 6) is 1.52. The first kappa shape index (κ1) is 32.9. The van der Waals surface area contributed by atoms with Crippen molar-refractivity contribution in [2.45, 2.75) is 156 Å². The maximum absolute atomic E-state index is 11.8. The minimum Gasteiger partial charge on any atom is -0.466 e. The monoisotopic (exact) mass is 482 g/mol. The Bertz CT molecular complexity index is 417. The van der Waals surface area contributed by atoms with Gasteiger partial charge in [0.25, 0.3) is 0 Å². The fourth-order valence-corrected chi connectivity index (χ4v) is 4.13. The van der Waals surface area contributed by atoms with Crippen LogP contribution in [-0.2, 0) is 19.1 Å². The molecule has 0 aliphatic carbocycles. The molecule has 0 rings (SSSR count). The van der Waals surface area contributed by atoms with E-state index in [9.17, 15) is 9.59 Å². The van der Waals surface area contributed by atoms with Crippen LogP contribution in [0.25, 0.3) is 0 Å². The Morgan fingerprint density at radius 2 is 0.735 bits per heavy atom. The molecule has 4 nitrogen and oxygen atoms in total. The van der Waals surface area contributed by atoms with Gasteiger partial charge in [0.15, 0.2) is 0 Å². The molecule has 0 saturated carbocycles. The Balaban J connectivity index is 3.26. The molecule has 0 N–H and O–H groups in total. The van der Waals surface area contributed by atoms with Crippen molar-refractivity contribution >= 4 is 11.9 Å². The lowest BCUT2D eigenvalue weighted by Gasteiger charge is -2.07. The molecule has 0 atom stereocenters. The molecule has 4 heteroatoms. The number of carbonyl (C=O) groups is 2. The average Bonchev–Trinajstić information content (AvgIpc) is 2.78. The van der Waals surface area contributed by atoms with Crippen molar-refractivity contribution in [2.75, 3.05) is 13.2 Å². The first-order valence-electron chi connectivity index (χ1n) is 14.7. The summed E-state index contributed by atoms with van der Waals surface area (Å²) >= 11 is 0. The molecule has 202 valence electrons. The second-order valence-corrected chi connectivity index (χ2v) is 11.0. The molecule has 0 bridgehead atoms. The first-order chi connectivity index (χ1) is 16.4. The topological polar surface area (TPSA) is 52.6 Å². The van der Waals surface area contributed by atoms with Gasteiger partial charge >= 0.3 is 11.9 Å². The minimum absolute atomic E-state index is 0.0276. The lowest BCUT2D eigenvalue weighted by atomic mass is 10.0. The third-order valence-electron chi connectivity index (χ3n) is 6.39. The lowest BCUT2D eigenvalue weighted by Crippen LogP contribution is -2.05. The quantitative estimate of drug-likeness (QED) is 0.0961. The molecule has 0 spiro atoms. The van der Waals surface area contributed by atoms with E-state index >= 15 is 0 Å². The predicted molar refractivity (Wildman–Crippen MR) is 144 cm³/mol. The molecule has 0 amide bonds. The highest BCUT2D eigenvalue weighted by Gasteiger charge is 2.04. The Kier molecular flexibility index (Phi) is 24.3. The normalized spacial score (nSPS) is 11.4. The standard InChI is InChI=1S/C30H58O4/c1-27(2)21-15-11-13-19-25-33-29(31)23-17-9-7-5-6-8-10-18-24-30(32)34-26-20-14-12-16-22-28(3)4/h27-28H,5-26H2,1-4H3. The number of ether oxygens (including phenoxy) is 2. The zero-order valence-electron chi connectivity index (χ0n) is 23.3. The van der Waals surface area contributed by atoms with E-state index < -0.39 is 0 Å². The third-order valence-corrected chi connectivity index (χ3v) is 6.39. The molecule has 0 heterocycles. The van der Waals surface area contributed by atoms with Gasteiger partial charge in [-0.15, -0.1) is 0 Å². The molecule has 0 aliphatic heterocycles. The largest absolute Gasteiger partial charge is 0.466 e. The Hall–Kier alpha value is -1.06. The van der Waals surface area contributed by atoms with Crippen LogP contribution in [0.15, 0.2) is 0 Å². The van der Waals surface area contributed by atoms with Crippen LogP contribution in [0.2, 0.25) is 0 Å². The second-order valence-electron chi connectivity index (χ2n) is 11.0. The van der Waals surface area contributed by atoms with Crippen LogP contribution in [-0.4, -0.2) is 25.2 Å². The molecule has 0 fully saturated rings. The zero-order chi connectivity index (χ0) is 25.3. The van der Waals surface area contributed by atoms with Gasteiger partial charge in [-0.2, -0.15) is 0 Å². The van der Waals surface area contributed by atoms with E-state index in [0.29, 0.717) is 26.1 Å². The van der Waals surface area contributed by atoms with E-state index in [2.05, 4.69) is 27.7 Å². The second kappa shape index (κ2) is 25.0. The molecule has 0 unspecified atom stereocenters. The van der Waals surface area contributed by atoms with Crippen LogP contribution in [0.1, 0.15) is 156 Å². The molecular weight excluding hydrogens is 424 g/mol. The molecule has 0 aromatic carbocycles. The van der Waals surface area contributed by atoms with Crippen LogP contribution in [0, 0.1) is 11.8 Å². The van der Waals surface area contributed by atoms with E-state index in [4.69, 9.17) is 9.47 Å². The number of hydrogen-bond acceptors (Lipinski definition) is 4. The van der Waals surface area contributed by atoms with Crippen molar-refractivity contribution in [1.29, 1.82) is 0 Å². The summed E-state index contributed by atoms with van der Waals surface area (Å²) in [4.78, 5) is 23.5. The van der Waals surface area contributed by atoms with Crippen molar-refractivity contribution in [3.63, 3.8) is 0 Å². The van der Waals surface area contributed by atoms with E-state index in [1.165, 1.54) is 77.0 Å². The highest BCUT2D eigenvalue weighted by molar-refractivity contribution is 5.69. The van der Waals surface area contributed by atoms with E-state index in [1.54, 1.807) is 0 Å². The lowest BCUT2D eigenvalue weighted by molar-refractivity contribution is -0.144. The Morgan fingerprint density at radius 1 is 0.441 bits per heavy atom. The van der Waals surface area contributed by atoms with Gasteiger partial charge in [-0.1, -0.05) is 118 Å². The highest BCUT2D eigenvalue weighted by Crippen LogP contribution is 2.13. The van der Waals surface area contributed by atoms with Crippen LogP contribution >= 0.6 is 0 Å². The molecule has 0 radical (unpaired) electrons. The molecular formula is C30H58O4. The molecule has 0 saturated heterocycles. The van der Waals surface area contributed by atoms with Gasteiger partial charge in [-0.3, -0.25) is 9.59 Å². The maximum atomic E-state index is 11.8. The van der Waals surface area contributed by atoms with Crippen LogP contribution in [0.5, 0.6) is 0 Å². The van der Waals surface area contributed by atoms with Crippen molar-refractivity contribution in [3.8, 4) is 0 Å². The molecule has 0 aliphatic rings. The molecule has 0 aromatic rings. The third kappa shape index (κ3) is 27.2. The van der Waals surface area contributed by atoms with Crippen molar-refractivity contribution in [1.82, 2.24) is 0 Å². The Labute approximate surface area is 212 Å². The Morgan fingerprint density at radius 3 is 1.09 bits per heavy atom. The van der Waals surface area contributed by atoms with E-state index in [0.717, 1.165) is 50.4 Å². The summed E-state index contributed by atoms with van der Waals surface area (Å²) in [6.07, 6.45) is 22.0. The van der Waals surface area contributed by atoms with Crippen LogP contribution in [0.3, 0.4) is 0 Å². The smallest absolute Gasteiger partial charge is 0.305 e. The van der Waals surface area contributed by atoms with Gasteiger partial charge in [-0.05, 0) is 37.5 Å². The van der Waals surface area contributed by atoms with Gasteiger partial charge in [0.05, 0.1) is 13.2 Å². The summed E-state index contributed by atoms with van der Waals surface area (Å²) < 4.78 is 10.7. The van der Waals surface area contributed by atoms with Gasteiger partial charge in [0.2, 0.25) is 0 Å². The van der Waals surface area contributed by atoms with E-state index in [-0.39, 0.29) is 11.9 Å². The van der Waals surface area contributed by atoms with Crippen molar-refractivity contribution < 1.29 is 19.1 Å². The number of hydrogen-bond donors (Lipinski definition) is 0. The summed E-state index contributed by atoms with van der Waals surface area (Å²) in [7, 11) is 0. The fourth-order valence-electron chi connectivity index (χ4n) is 4.13. The number of rotatable bonds is 25. The first-order valence-corrected chi connectivity index (χ1v) is 14.7. The maximum Gasteiger partial charge on any atom is 0.305 e. The SMILES string of the molecule is CC(C)CCCCCCOC(=O)CCCCCCCCCCC(=O)OCCCCCCC(C)C. The number of esters is 2. The predicted octanol–water partition coefficient (Wildman–Crippen LogP) is 9.19. The summed E-state index contributed by atoms with van der Waals surface area (Å²) in [6.45, 7) is 10.2. The summed E-state index contributed by atoms with van der Waals surface area (Å²) in [6, 6.07) is 0. The number of carbonyl (C=O) groups excluding carboxylic acids is 2. The van der Waals surface area contributed by atoms with Gasteiger partial charge in [0, 0.05) is 12.8 Å². The number of unbranched alkanes of at least 4 members (excludes halogenated alkanes) is 13. The molecule has 34 heavy (non-hydrogen) atoms. The van der Waals surface area contributed by atoms with Crippen LogP contribution < -0.4 is 0 Å². The van der Waals surface area contributed by atoms with Gasteiger partial charge < -0.3 is 9.47 Å². The molecule has 0 aromatic heterocycles. The fraction of sp³-hybridized carbons (Fsp3) is 0.933. The summed E-state index contributed by atoms with van der Waals surface area (Å²) in [5, 5.41) is 0. The van der Waals surface area contributed by atoms with Gasteiger partial charge in [-0.25, -0.2) is 0 Å². The van der Waals surface area contributed by atoms with E-state index in [1.807, 2.05) is 0 Å². The van der Waals surface area contributed by atoms with Crippen LogP contribution in [0.4, 0.5) is 0 Å². The van der Waals surface area contributed by atoms with Crippen molar-refractivity contribution in [3.05, 3.63) is 0 Å². The minimum atomic E-state index is -0.0276. The van der Waals surface area contributed by atoms with Crippen molar-refractivity contribution in [2.24, 2.45) is 11.8 Å².